The first-order chi connectivity index (χ1) is 7.60. The van der Waals surface area contributed by atoms with Gasteiger partial charge >= 0.3 is 11.9 Å². The molecule has 1 aromatic carbocycles. The van der Waals surface area contributed by atoms with Crippen LogP contribution in [-0.2, 0) is 9.47 Å². The van der Waals surface area contributed by atoms with Gasteiger partial charge in [0.1, 0.15) is 0 Å². The van der Waals surface area contributed by atoms with E-state index < -0.39 is 5.97 Å². The van der Waals surface area contributed by atoms with E-state index in [0.29, 0.717) is 23.3 Å². The Morgan fingerprint density at radius 2 is 1.94 bits per heavy atom. The van der Waals surface area contributed by atoms with E-state index in [4.69, 9.17) is 4.74 Å². The maximum atomic E-state index is 11.4. The molecule has 0 spiro atoms. The summed E-state index contributed by atoms with van der Waals surface area (Å²) in [6, 6.07) is 4.73. The zero-order chi connectivity index (χ0) is 12.1. The van der Waals surface area contributed by atoms with E-state index >= 15 is 0 Å². The molecule has 0 aliphatic heterocycles. The standard InChI is InChI=1S/C12H14O4/c1-4-16-11(13)9-5-6-10(8(2)7-9)12(14)15-3/h5-7H,4H2,1-3H3. The van der Waals surface area contributed by atoms with Crippen LogP contribution in [0.1, 0.15) is 33.2 Å². The molecular formula is C12H14O4. The summed E-state index contributed by atoms with van der Waals surface area (Å²) in [4.78, 5) is 22.7. The zero-order valence-electron chi connectivity index (χ0n) is 9.57. The van der Waals surface area contributed by atoms with Gasteiger partial charge in [0.15, 0.2) is 0 Å². The minimum absolute atomic E-state index is 0.330. The molecule has 0 amide bonds. The fourth-order valence-electron chi connectivity index (χ4n) is 1.34. The minimum Gasteiger partial charge on any atom is -0.465 e. The topological polar surface area (TPSA) is 52.6 Å². The number of ether oxygens (including phenoxy) is 2. The monoisotopic (exact) mass is 222 g/mol. The quantitative estimate of drug-likeness (QED) is 0.733. The Hall–Kier alpha value is -1.84. The highest BCUT2D eigenvalue weighted by molar-refractivity contribution is 5.94. The van der Waals surface area contributed by atoms with Crippen molar-refractivity contribution in [3.05, 3.63) is 34.9 Å². The molecule has 0 saturated heterocycles. The number of aryl methyl sites for hydroxylation is 1. The van der Waals surface area contributed by atoms with E-state index in [1.54, 1.807) is 32.0 Å². The second-order valence-corrected chi connectivity index (χ2v) is 3.24. The summed E-state index contributed by atoms with van der Waals surface area (Å²) >= 11 is 0. The molecule has 0 aromatic heterocycles. The lowest BCUT2D eigenvalue weighted by Gasteiger charge is -2.06. The average Bonchev–Trinajstić information content (AvgIpc) is 2.28. The van der Waals surface area contributed by atoms with Crippen molar-refractivity contribution < 1.29 is 19.1 Å². The summed E-state index contributed by atoms with van der Waals surface area (Å²) in [5.41, 5.74) is 1.58. The number of rotatable bonds is 3. The average molecular weight is 222 g/mol. The smallest absolute Gasteiger partial charge is 0.338 e. The lowest BCUT2D eigenvalue weighted by molar-refractivity contribution is 0.0523. The Morgan fingerprint density at radius 3 is 2.44 bits per heavy atom. The first-order valence-electron chi connectivity index (χ1n) is 4.96. The molecule has 4 heteroatoms. The van der Waals surface area contributed by atoms with Crippen LogP contribution < -0.4 is 0 Å². The first kappa shape index (κ1) is 12.2. The molecule has 0 aliphatic carbocycles. The number of esters is 2. The van der Waals surface area contributed by atoms with Crippen LogP contribution in [0.2, 0.25) is 0 Å². The molecule has 0 atom stereocenters. The molecule has 16 heavy (non-hydrogen) atoms. The van der Waals surface area contributed by atoms with Crippen molar-refractivity contribution in [1.29, 1.82) is 0 Å². The Balaban J connectivity index is 2.99. The molecule has 0 fully saturated rings. The maximum absolute atomic E-state index is 11.4. The van der Waals surface area contributed by atoms with E-state index in [0.717, 1.165) is 0 Å². The van der Waals surface area contributed by atoms with Crippen molar-refractivity contribution in [3.8, 4) is 0 Å². The Kier molecular flexibility index (Phi) is 4.05. The molecule has 0 N–H and O–H groups in total. The number of carbonyl (C=O) groups is 2. The van der Waals surface area contributed by atoms with Crippen LogP contribution >= 0.6 is 0 Å². The van der Waals surface area contributed by atoms with Crippen molar-refractivity contribution in [2.45, 2.75) is 13.8 Å². The van der Waals surface area contributed by atoms with Gasteiger partial charge in [-0.15, -0.1) is 0 Å². The molecule has 1 aromatic rings. The molecule has 0 bridgehead atoms. The summed E-state index contributed by atoms with van der Waals surface area (Å²) in [5, 5.41) is 0. The third-order valence-electron chi connectivity index (χ3n) is 2.14. The van der Waals surface area contributed by atoms with E-state index in [-0.39, 0.29) is 5.97 Å². The van der Waals surface area contributed by atoms with Gasteiger partial charge in [-0.1, -0.05) is 0 Å². The highest BCUT2D eigenvalue weighted by Gasteiger charge is 2.12. The highest BCUT2D eigenvalue weighted by atomic mass is 16.5. The number of carbonyl (C=O) groups excluding carboxylic acids is 2. The number of methoxy groups -OCH3 is 1. The van der Waals surface area contributed by atoms with Crippen molar-refractivity contribution in [3.63, 3.8) is 0 Å². The van der Waals surface area contributed by atoms with Crippen molar-refractivity contribution in [2.75, 3.05) is 13.7 Å². The molecule has 0 aliphatic rings. The van der Waals surface area contributed by atoms with Crippen LogP contribution in [0.4, 0.5) is 0 Å². The van der Waals surface area contributed by atoms with Crippen LogP contribution in [0.25, 0.3) is 0 Å². The summed E-state index contributed by atoms with van der Waals surface area (Å²) in [7, 11) is 1.32. The van der Waals surface area contributed by atoms with Gasteiger partial charge in [-0.3, -0.25) is 0 Å². The largest absolute Gasteiger partial charge is 0.465 e. The third kappa shape index (κ3) is 2.59. The van der Waals surface area contributed by atoms with Gasteiger partial charge in [-0.2, -0.15) is 0 Å². The molecule has 4 nitrogen and oxygen atoms in total. The van der Waals surface area contributed by atoms with Crippen molar-refractivity contribution in [1.82, 2.24) is 0 Å². The molecule has 86 valence electrons. The van der Waals surface area contributed by atoms with Gasteiger partial charge in [-0.25, -0.2) is 9.59 Å². The zero-order valence-corrected chi connectivity index (χ0v) is 9.57. The molecule has 0 heterocycles. The van der Waals surface area contributed by atoms with Gasteiger partial charge in [-0.05, 0) is 37.6 Å². The van der Waals surface area contributed by atoms with Gasteiger partial charge in [0.05, 0.1) is 24.8 Å². The molecule has 0 saturated carbocycles. The van der Waals surface area contributed by atoms with Crippen molar-refractivity contribution >= 4 is 11.9 Å². The van der Waals surface area contributed by atoms with Gasteiger partial charge in [0.2, 0.25) is 0 Å². The predicted molar refractivity (Wildman–Crippen MR) is 58.5 cm³/mol. The lowest BCUT2D eigenvalue weighted by Crippen LogP contribution is -2.08. The SMILES string of the molecule is CCOC(=O)c1ccc(C(=O)OC)c(C)c1. The highest BCUT2D eigenvalue weighted by Crippen LogP contribution is 2.13. The molecular weight excluding hydrogens is 208 g/mol. The van der Waals surface area contributed by atoms with E-state index in [1.165, 1.54) is 7.11 Å². The van der Waals surface area contributed by atoms with Crippen LogP contribution in [0.5, 0.6) is 0 Å². The Labute approximate surface area is 94.2 Å². The fraction of sp³-hybridized carbons (Fsp3) is 0.333. The van der Waals surface area contributed by atoms with Crippen LogP contribution in [0.15, 0.2) is 18.2 Å². The number of hydrogen-bond acceptors (Lipinski definition) is 4. The number of benzene rings is 1. The van der Waals surface area contributed by atoms with Crippen molar-refractivity contribution in [2.24, 2.45) is 0 Å². The fourth-order valence-corrected chi connectivity index (χ4v) is 1.34. The van der Waals surface area contributed by atoms with E-state index in [9.17, 15) is 9.59 Å². The summed E-state index contributed by atoms with van der Waals surface area (Å²) < 4.78 is 9.46. The second-order valence-electron chi connectivity index (χ2n) is 3.24. The Morgan fingerprint density at radius 1 is 1.25 bits per heavy atom. The van der Waals surface area contributed by atoms with Crippen LogP contribution in [0, 0.1) is 6.92 Å². The predicted octanol–water partition coefficient (Wildman–Crippen LogP) is 1.96. The maximum Gasteiger partial charge on any atom is 0.338 e. The first-order valence-corrected chi connectivity index (χ1v) is 4.96. The molecule has 1 rings (SSSR count). The van der Waals surface area contributed by atoms with Gasteiger partial charge in [0.25, 0.3) is 0 Å². The minimum atomic E-state index is -0.409. The van der Waals surface area contributed by atoms with E-state index in [1.807, 2.05) is 0 Å². The van der Waals surface area contributed by atoms with Crippen LogP contribution in [0.3, 0.4) is 0 Å². The number of hydrogen-bond donors (Lipinski definition) is 0. The van der Waals surface area contributed by atoms with Gasteiger partial charge in [0, 0.05) is 0 Å². The third-order valence-corrected chi connectivity index (χ3v) is 2.14. The van der Waals surface area contributed by atoms with E-state index in [2.05, 4.69) is 4.74 Å². The summed E-state index contributed by atoms with van der Waals surface area (Å²) in [6.07, 6.45) is 0. The Bertz CT molecular complexity index is 409. The lowest BCUT2D eigenvalue weighted by atomic mass is 10.1. The second kappa shape index (κ2) is 5.30. The molecule has 0 unspecified atom stereocenters. The van der Waals surface area contributed by atoms with Gasteiger partial charge < -0.3 is 9.47 Å². The molecule has 0 radical (unpaired) electrons. The van der Waals surface area contributed by atoms with Crippen LogP contribution in [-0.4, -0.2) is 25.7 Å². The summed E-state index contributed by atoms with van der Waals surface area (Å²) in [5.74, 6) is -0.796. The normalized spacial score (nSPS) is 9.69. The summed E-state index contributed by atoms with van der Waals surface area (Å²) in [6.45, 7) is 3.82.